The highest BCUT2D eigenvalue weighted by Gasteiger charge is 2.09. The molecule has 0 unspecified atom stereocenters. The summed E-state index contributed by atoms with van der Waals surface area (Å²) in [6.07, 6.45) is 1.59. The Balaban J connectivity index is 2.04. The van der Waals surface area contributed by atoms with Crippen molar-refractivity contribution in [1.29, 1.82) is 0 Å². The maximum atomic E-state index is 6.29. The largest absolute Gasteiger partial charge is 0.486 e. The quantitative estimate of drug-likeness (QED) is 0.422. The summed E-state index contributed by atoms with van der Waals surface area (Å²) in [6, 6.07) is 11.5. The molecule has 132 valence electrons. The zero-order chi connectivity index (χ0) is 18.2. The van der Waals surface area contributed by atoms with Crippen molar-refractivity contribution in [3.05, 3.63) is 63.1 Å². The molecule has 0 saturated carbocycles. The first kappa shape index (κ1) is 19.5. The van der Waals surface area contributed by atoms with Crippen LogP contribution in [-0.4, -0.2) is 17.9 Å². The number of ether oxygens (including phenoxy) is 1. The van der Waals surface area contributed by atoms with E-state index in [0.29, 0.717) is 27.5 Å². The number of thiocarbonyl (C=S) groups is 1. The summed E-state index contributed by atoms with van der Waals surface area (Å²) in [4.78, 5) is 0. The van der Waals surface area contributed by atoms with Gasteiger partial charge in [0.2, 0.25) is 0 Å². The van der Waals surface area contributed by atoms with Crippen LogP contribution in [-0.2, 0) is 6.61 Å². The Labute approximate surface area is 163 Å². The van der Waals surface area contributed by atoms with Gasteiger partial charge in [-0.2, -0.15) is 5.10 Å². The van der Waals surface area contributed by atoms with Gasteiger partial charge in [-0.1, -0.05) is 53.0 Å². The van der Waals surface area contributed by atoms with Crippen LogP contribution in [0.5, 0.6) is 5.75 Å². The summed E-state index contributed by atoms with van der Waals surface area (Å²) in [7, 11) is 0. The lowest BCUT2D eigenvalue weighted by Gasteiger charge is -2.11. The van der Waals surface area contributed by atoms with Gasteiger partial charge in [-0.05, 0) is 49.3 Å². The fourth-order valence-corrected chi connectivity index (χ4v) is 2.92. The standard InChI is InChI=1S/C18H19Cl2N3OS/c1-3-21-18(25)23-22-10-14-8-15(19)17(16(20)9-14)24-11-13-6-4-5-12(2)7-13/h4-10H,3,11H2,1-2H3,(H2,21,23,25). The second-order valence-corrected chi connectivity index (χ2v) is 6.54. The van der Waals surface area contributed by atoms with Crippen molar-refractivity contribution in [3.8, 4) is 5.75 Å². The molecular weight excluding hydrogens is 377 g/mol. The summed E-state index contributed by atoms with van der Waals surface area (Å²) in [5, 5.41) is 8.28. The van der Waals surface area contributed by atoms with Gasteiger partial charge in [0.1, 0.15) is 6.61 Å². The molecule has 0 atom stereocenters. The molecule has 25 heavy (non-hydrogen) atoms. The predicted octanol–water partition coefficient (Wildman–Crippen LogP) is 4.70. The molecule has 2 N–H and O–H groups in total. The maximum Gasteiger partial charge on any atom is 0.186 e. The van der Waals surface area contributed by atoms with Gasteiger partial charge >= 0.3 is 0 Å². The van der Waals surface area contributed by atoms with Gasteiger partial charge in [-0.15, -0.1) is 0 Å². The van der Waals surface area contributed by atoms with E-state index in [4.69, 9.17) is 40.2 Å². The lowest BCUT2D eigenvalue weighted by molar-refractivity contribution is 0.306. The number of halogens is 2. The predicted molar refractivity (Wildman–Crippen MR) is 109 cm³/mol. The first-order valence-electron chi connectivity index (χ1n) is 7.74. The van der Waals surface area contributed by atoms with Crippen LogP contribution >= 0.6 is 35.4 Å². The van der Waals surface area contributed by atoms with Crippen LogP contribution < -0.4 is 15.5 Å². The van der Waals surface area contributed by atoms with E-state index in [9.17, 15) is 0 Å². The van der Waals surface area contributed by atoms with Gasteiger partial charge in [0, 0.05) is 6.54 Å². The molecule has 0 aliphatic rings. The minimum absolute atomic E-state index is 0.396. The van der Waals surface area contributed by atoms with Crippen LogP contribution in [0.15, 0.2) is 41.5 Å². The van der Waals surface area contributed by atoms with Crippen LogP contribution in [0.4, 0.5) is 0 Å². The van der Waals surface area contributed by atoms with Crippen LogP contribution in [0.25, 0.3) is 0 Å². The third-order valence-electron chi connectivity index (χ3n) is 3.20. The molecule has 0 amide bonds. The van der Waals surface area contributed by atoms with E-state index in [1.165, 1.54) is 5.56 Å². The van der Waals surface area contributed by atoms with E-state index in [0.717, 1.165) is 17.7 Å². The number of hydrogen-bond acceptors (Lipinski definition) is 3. The van der Waals surface area contributed by atoms with E-state index < -0.39 is 0 Å². The van der Waals surface area contributed by atoms with Crippen molar-refractivity contribution in [3.63, 3.8) is 0 Å². The lowest BCUT2D eigenvalue weighted by atomic mass is 10.1. The number of hydrazone groups is 1. The second-order valence-electron chi connectivity index (χ2n) is 5.32. The van der Waals surface area contributed by atoms with Crippen molar-refractivity contribution in [2.24, 2.45) is 5.10 Å². The van der Waals surface area contributed by atoms with Crippen LogP contribution in [0.2, 0.25) is 10.0 Å². The Bertz CT molecular complexity index is 758. The van der Waals surface area contributed by atoms with Crippen molar-refractivity contribution < 1.29 is 4.74 Å². The molecule has 0 radical (unpaired) electrons. The Hall–Kier alpha value is -1.82. The fraction of sp³-hybridized carbons (Fsp3) is 0.222. The van der Waals surface area contributed by atoms with Gasteiger partial charge in [0.25, 0.3) is 0 Å². The topological polar surface area (TPSA) is 45.7 Å². The lowest BCUT2D eigenvalue weighted by Crippen LogP contribution is -2.31. The van der Waals surface area contributed by atoms with Gasteiger partial charge in [-0.3, -0.25) is 5.43 Å². The highest BCUT2D eigenvalue weighted by molar-refractivity contribution is 7.80. The molecule has 0 bridgehead atoms. The molecule has 0 aliphatic carbocycles. The average Bonchev–Trinajstić information content (AvgIpc) is 2.54. The zero-order valence-electron chi connectivity index (χ0n) is 14.0. The SMILES string of the molecule is CCNC(=S)NN=Cc1cc(Cl)c(OCc2cccc(C)c2)c(Cl)c1. The van der Waals surface area contributed by atoms with Crippen molar-refractivity contribution in [2.45, 2.75) is 20.5 Å². The molecular formula is C18H19Cl2N3OS. The first-order chi connectivity index (χ1) is 12.0. The monoisotopic (exact) mass is 395 g/mol. The van der Waals surface area contributed by atoms with Gasteiger partial charge in [-0.25, -0.2) is 0 Å². The zero-order valence-corrected chi connectivity index (χ0v) is 16.3. The Morgan fingerprint density at radius 3 is 2.60 bits per heavy atom. The van der Waals surface area contributed by atoms with Crippen molar-refractivity contribution >= 4 is 46.7 Å². The first-order valence-corrected chi connectivity index (χ1v) is 8.90. The molecule has 2 aromatic rings. The Kier molecular flexibility index (Phi) is 7.50. The number of hydrogen-bond donors (Lipinski definition) is 2. The number of aryl methyl sites for hydroxylation is 1. The third kappa shape index (κ3) is 6.20. The molecule has 0 aromatic heterocycles. The highest BCUT2D eigenvalue weighted by atomic mass is 35.5. The molecule has 2 rings (SSSR count). The molecule has 0 saturated heterocycles. The molecule has 2 aromatic carbocycles. The average molecular weight is 396 g/mol. The smallest absolute Gasteiger partial charge is 0.186 e. The third-order valence-corrected chi connectivity index (χ3v) is 4.00. The summed E-state index contributed by atoms with van der Waals surface area (Å²) in [5.74, 6) is 0.457. The molecule has 0 aliphatic heterocycles. The molecule has 0 fully saturated rings. The highest BCUT2D eigenvalue weighted by Crippen LogP contribution is 2.34. The summed E-state index contributed by atoms with van der Waals surface area (Å²) < 4.78 is 5.78. The summed E-state index contributed by atoms with van der Waals surface area (Å²) in [6.45, 7) is 5.11. The van der Waals surface area contributed by atoms with E-state index in [-0.39, 0.29) is 0 Å². The minimum atomic E-state index is 0.396. The van der Waals surface area contributed by atoms with Gasteiger partial charge < -0.3 is 10.1 Å². The second kappa shape index (κ2) is 9.61. The van der Waals surface area contributed by atoms with Gasteiger partial charge in [0.05, 0.1) is 16.3 Å². The molecule has 0 heterocycles. The normalized spacial score (nSPS) is 10.7. The Morgan fingerprint density at radius 2 is 1.96 bits per heavy atom. The molecule has 0 spiro atoms. The maximum absolute atomic E-state index is 6.29. The van der Waals surface area contributed by atoms with Crippen LogP contribution in [0, 0.1) is 6.92 Å². The molecule has 4 nitrogen and oxygen atoms in total. The minimum Gasteiger partial charge on any atom is -0.486 e. The number of benzene rings is 2. The summed E-state index contributed by atoms with van der Waals surface area (Å²) in [5.41, 5.74) is 5.68. The van der Waals surface area contributed by atoms with Crippen molar-refractivity contribution in [2.75, 3.05) is 6.54 Å². The van der Waals surface area contributed by atoms with E-state index in [1.54, 1.807) is 18.3 Å². The van der Waals surface area contributed by atoms with E-state index in [2.05, 4.69) is 21.9 Å². The number of rotatable bonds is 6. The number of nitrogens with zero attached hydrogens (tertiary/aromatic N) is 1. The Morgan fingerprint density at radius 1 is 1.24 bits per heavy atom. The molecule has 7 heteroatoms. The van der Waals surface area contributed by atoms with E-state index >= 15 is 0 Å². The fourth-order valence-electron chi connectivity index (χ4n) is 2.11. The number of nitrogens with one attached hydrogen (secondary N) is 2. The van der Waals surface area contributed by atoms with Crippen LogP contribution in [0.1, 0.15) is 23.6 Å². The van der Waals surface area contributed by atoms with Gasteiger partial charge in [0.15, 0.2) is 10.9 Å². The van der Waals surface area contributed by atoms with Crippen LogP contribution in [0.3, 0.4) is 0 Å². The summed E-state index contributed by atoms with van der Waals surface area (Å²) >= 11 is 17.6. The van der Waals surface area contributed by atoms with E-state index in [1.807, 2.05) is 32.0 Å². The van der Waals surface area contributed by atoms with Crippen molar-refractivity contribution in [1.82, 2.24) is 10.7 Å².